The lowest BCUT2D eigenvalue weighted by Crippen LogP contribution is -2.03. The average molecular weight is 267 g/mol. The molecule has 0 saturated heterocycles. The van der Waals surface area contributed by atoms with Crippen LogP contribution in [0, 0.1) is 5.92 Å². The molecule has 1 aromatic heterocycles. The van der Waals surface area contributed by atoms with E-state index in [9.17, 15) is 4.79 Å². The van der Waals surface area contributed by atoms with Crippen molar-refractivity contribution in [3.63, 3.8) is 0 Å². The topological polar surface area (TPSA) is 30.0 Å². The van der Waals surface area contributed by atoms with E-state index in [2.05, 4.69) is 24.9 Å². The highest BCUT2D eigenvalue weighted by Crippen LogP contribution is 2.13. The second-order valence-electron chi connectivity index (χ2n) is 5.54. The first-order valence-corrected chi connectivity index (χ1v) is 7.17. The van der Waals surface area contributed by atoms with Gasteiger partial charge in [-0.3, -0.25) is 9.78 Å². The summed E-state index contributed by atoms with van der Waals surface area (Å²) in [5, 5.41) is 0. The first kappa shape index (κ1) is 14.4. The molecule has 0 N–H and O–H groups in total. The Morgan fingerprint density at radius 3 is 2.70 bits per heavy atom. The normalized spacial score (nSPS) is 10.8. The summed E-state index contributed by atoms with van der Waals surface area (Å²) in [5.41, 5.74) is 3.03. The maximum atomic E-state index is 12.2. The zero-order valence-electron chi connectivity index (χ0n) is 12.2. The van der Waals surface area contributed by atoms with Crippen LogP contribution in [0.25, 0.3) is 0 Å². The van der Waals surface area contributed by atoms with Gasteiger partial charge in [0.05, 0.1) is 0 Å². The van der Waals surface area contributed by atoms with Crippen LogP contribution in [0.3, 0.4) is 0 Å². The fourth-order valence-electron chi connectivity index (χ4n) is 2.28. The van der Waals surface area contributed by atoms with Crippen LogP contribution in [0.5, 0.6) is 0 Å². The second kappa shape index (κ2) is 6.99. The minimum Gasteiger partial charge on any atom is -0.294 e. The Labute approximate surface area is 120 Å². The van der Waals surface area contributed by atoms with Crippen LogP contribution in [0.15, 0.2) is 48.7 Å². The summed E-state index contributed by atoms with van der Waals surface area (Å²) in [6.07, 6.45) is 4.00. The molecule has 0 unspecified atom stereocenters. The molecule has 2 nitrogen and oxygen atoms in total. The summed E-state index contributed by atoms with van der Waals surface area (Å²) in [5.74, 6) is 0.801. The first-order chi connectivity index (χ1) is 9.65. The maximum Gasteiger partial charge on any atom is 0.163 e. The average Bonchev–Trinajstić information content (AvgIpc) is 2.45. The monoisotopic (exact) mass is 267 g/mol. The van der Waals surface area contributed by atoms with Crippen molar-refractivity contribution >= 4 is 5.78 Å². The van der Waals surface area contributed by atoms with Crippen molar-refractivity contribution in [3.05, 3.63) is 65.5 Å². The van der Waals surface area contributed by atoms with E-state index in [1.807, 2.05) is 36.4 Å². The quantitative estimate of drug-likeness (QED) is 0.738. The predicted molar refractivity (Wildman–Crippen MR) is 81.9 cm³/mol. The molecule has 0 spiro atoms. The molecule has 2 heteroatoms. The lowest BCUT2D eigenvalue weighted by atomic mass is 9.98. The molecule has 20 heavy (non-hydrogen) atoms. The number of rotatable bonds is 6. The molecule has 0 atom stereocenters. The largest absolute Gasteiger partial charge is 0.294 e. The number of carbonyl (C=O) groups excluding carboxylic acids is 1. The molecule has 0 radical (unpaired) electrons. The van der Waals surface area contributed by atoms with Crippen LogP contribution in [0.4, 0.5) is 0 Å². The highest BCUT2D eigenvalue weighted by Gasteiger charge is 2.08. The second-order valence-corrected chi connectivity index (χ2v) is 5.54. The van der Waals surface area contributed by atoms with Crippen LogP contribution < -0.4 is 0 Å². The number of carbonyl (C=O) groups is 1. The Balaban J connectivity index is 1.98. The van der Waals surface area contributed by atoms with E-state index in [4.69, 9.17) is 0 Å². The number of aryl methyl sites for hydroxylation is 1. The smallest absolute Gasteiger partial charge is 0.163 e. The van der Waals surface area contributed by atoms with Crippen LogP contribution in [0.2, 0.25) is 0 Å². The summed E-state index contributed by atoms with van der Waals surface area (Å²) < 4.78 is 0. The highest BCUT2D eigenvalue weighted by atomic mass is 16.1. The molecule has 0 bridgehead atoms. The molecule has 1 aromatic carbocycles. The fourth-order valence-corrected chi connectivity index (χ4v) is 2.28. The molecule has 0 fully saturated rings. The number of aromatic nitrogens is 1. The zero-order valence-corrected chi connectivity index (χ0v) is 12.2. The van der Waals surface area contributed by atoms with Gasteiger partial charge in [-0.2, -0.15) is 0 Å². The molecular weight excluding hydrogens is 246 g/mol. The standard InChI is InChI=1S/C18H21NO/c1-14(2)12-15-6-5-7-16(13-15)18(20)10-9-17-8-3-4-11-19-17/h3-8,11,13-14H,9-10,12H2,1-2H3. The molecule has 104 valence electrons. The zero-order chi connectivity index (χ0) is 14.4. The van der Waals surface area contributed by atoms with Crippen molar-refractivity contribution in [1.29, 1.82) is 0 Å². The lowest BCUT2D eigenvalue weighted by molar-refractivity contribution is 0.0982. The number of nitrogens with zero attached hydrogens (tertiary/aromatic N) is 1. The molecule has 2 rings (SSSR count). The Morgan fingerprint density at radius 1 is 1.15 bits per heavy atom. The summed E-state index contributed by atoms with van der Waals surface area (Å²) in [7, 11) is 0. The van der Waals surface area contributed by atoms with Gasteiger partial charge in [0.1, 0.15) is 0 Å². The van der Waals surface area contributed by atoms with Gasteiger partial charge in [0.15, 0.2) is 5.78 Å². The Morgan fingerprint density at radius 2 is 2.00 bits per heavy atom. The minimum absolute atomic E-state index is 0.196. The van der Waals surface area contributed by atoms with E-state index in [0.717, 1.165) is 17.7 Å². The Kier molecular flexibility index (Phi) is 5.05. The van der Waals surface area contributed by atoms with Gasteiger partial charge in [0.2, 0.25) is 0 Å². The van der Waals surface area contributed by atoms with Crippen molar-refractivity contribution in [2.75, 3.05) is 0 Å². The van der Waals surface area contributed by atoms with E-state index in [1.54, 1.807) is 6.20 Å². The van der Waals surface area contributed by atoms with Crippen molar-refractivity contribution in [1.82, 2.24) is 4.98 Å². The van der Waals surface area contributed by atoms with E-state index in [0.29, 0.717) is 18.8 Å². The van der Waals surface area contributed by atoms with E-state index >= 15 is 0 Å². The minimum atomic E-state index is 0.196. The molecule has 0 amide bonds. The number of ketones is 1. The summed E-state index contributed by atoms with van der Waals surface area (Å²) >= 11 is 0. The van der Waals surface area contributed by atoms with E-state index < -0.39 is 0 Å². The van der Waals surface area contributed by atoms with Gasteiger partial charge in [-0.1, -0.05) is 38.1 Å². The van der Waals surface area contributed by atoms with Gasteiger partial charge in [0.25, 0.3) is 0 Å². The number of hydrogen-bond acceptors (Lipinski definition) is 2. The van der Waals surface area contributed by atoms with Crippen molar-refractivity contribution < 1.29 is 4.79 Å². The molecule has 0 aliphatic carbocycles. The number of hydrogen-bond donors (Lipinski definition) is 0. The van der Waals surface area contributed by atoms with Crippen LogP contribution in [-0.2, 0) is 12.8 Å². The van der Waals surface area contributed by atoms with Gasteiger partial charge in [-0.15, -0.1) is 0 Å². The molecule has 0 aliphatic rings. The van der Waals surface area contributed by atoms with Crippen LogP contribution in [0.1, 0.15) is 41.9 Å². The van der Waals surface area contributed by atoms with Crippen LogP contribution >= 0.6 is 0 Å². The fraction of sp³-hybridized carbons (Fsp3) is 0.333. The summed E-state index contributed by atoms with van der Waals surface area (Å²) in [6.45, 7) is 4.38. The Bertz CT molecular complexity index is 561. The van der Waals surface area contributed by atoms with Gasteiger partial charge in [-0.25, -0.2) is 0 Å². The molecule has 0 aliphatic heterocycles. The number of pyridine rings is 1. The summed E-state index contributed by atoms with van der Waals surface area (Å²) in [4.78, 5) is 16.5. The first-order valence-electron chi connectivity index (χ1n) is 7.17. The lowest BCUT2D eigenvalue weighted by Gasteiger charge is -2.07. The van der Waals surface area contributed by atoms with Crippen LogP contribution in [-0.4, -0.2) is 10.8 Å². The summed E-state index contributed by atoms with van der Waals surface area (Å²) in [6, 6.07) is 13.8. The maximum absolute atomic E-state index is 12.2. The molecule has 0 saturated carbocycles. The van der Waals surface area contributed by atoms with Gasteiger partial charge >= 0.3 is 0 Å². The van der Waals surface area contributed by atoms with Crippen molar-refractivity contribution in [3.8, 4) is 0 Å². The van der Waals surface area contributed by atoms with Gasteiger partial charge in [-0.05, 0) is 42.5 Å². The third kappa shape index (κ3) is 4.30. The number of benzene rings is 1. The van der Waals surface area contributed by atoms with Gasteiger partial charge in [0, 0.05) is 23.9 Å². The van der Waals surface area contributed by atoms with Crippen molar-refractivity contribution in [2.24, 2.45) is 5.92 Å². The number of Topliss-reactive ketones (excluding diaryl/α,β-unsaturated/α-hetero) is 1. The molecule has 1 heterocycles. The van der Waals surface area contributed by atoms with E-state index in [-0.39, 0.29) is 5.78 Å². The molecule has 2 aromatic rings. The molecular formula is C18H21NO. The predicted octanol–water partition coefficient (Wildman–Crippen LogP) is 4.10. The third-order valence-corrected chi connectivity index (χ3v) is 3.23. The highest BCUT2D eigenvalue weighted by molar-refractivity contribution is 5.96. The van der Waals surface area contributed by atoms with E-state index in [1.165, 1.54) is 5.56 Å². The van der Waals surface area contributed by atoms with Gasteiger partial charge < -0.3 is 0 Å². The third-order valence-electron chi connectivity index (χ3n) is 3.23. The SMILES string of the molecule is CC(C)Cc1cccc(C(=O)CCc2ccccn2)c1. The Hall–Kier alpha value is -1.96. The van der Waals surface area contributed by atoms with Crippen molar-refractivity contribution in [2.45, 2.75) is 33.1 Å².